The Morgan fingerprint density at radius 3 is 2.50 bits per heavy atom. The molecular formula is C17H14BrN3O3S2. The molecule has 3 rings (SSSR count). The van der Waals surface area contributed by atoms with Crippen molar-refractivity contribution in [2.24, 2.45) is 0 Å². The quantitative estimate of drug-likeness (QED) is 0.594. The van der Waals surface area contributed by atoms with Gasteiger partial charge in [-0.05, 0) is 40.2 Å². The van der Waals surface area contributed by atoms with E-state index in [4.69, 9.17) is 0 Å². The zero-order chi connectivity index (χ0) is 18.6. The summed E-state index contributed by atoms with van der Waals surface area (Å²) in [5.41, 5.74) is 1.16. The smallest absolute Gasteiger partial charge is 0.263 e. The van der Waals surface area contributed by atoms with E-state index in [0.29, 0.717) is 11.4 Å². The van der Waals surface area contributed by atoms with E-state index in [2.05, 4.69) is 31.0 Å². The van der Waals surface area contributed by atoms with E-state index < -0.39 is 10.0 Å². The van der Waals surface area contributed by atoms with Crippen molar-refractivity contribution in [1.82, 2.24) is 4.98 Å². The number of halogens is 1. The summed E-state index contributed by atoms with van der Waals surface area (Å²) in [6.07, 6.45) is 0.0465. The van der Waals surface area contributed by atoms with Crippen LogP contribution < -0.4 is 10.0 Å². The van der Waals surface area contributed by atoms with Crippen molar-refractivity contribution in [3.8, 4) is 0 Å². The number of sulfonamides is 1. The number of thiazole rings is 1. The number of nitrogens with zero attached hydrogens (tertiary/aromatic N) is 1. The topological polar surface area (TPSA) is 88.2 Å². The second kappa shape index (κ2) is 7.98. The Bertz CT molecular complexity index is 1020. The lowest BCUT2D eigenvalue weighted by Crippen LogP contribution is -2.15. The van der Waals surface area contributed by atoms with Gasteiger partial charge in [0.1, 0.15) is 0 Å². The van der Waals surface area contributed by atoms with Crippen LogP contribution in [0.15, 0.2) is 69.3 Å². The molecule has 3 aromatic rings. The van der Waals surface area contributed by atoms with E-state index >= 15 is 0 Å². The molecular weight excluding hydrogens is 438 g/mol. The highest BCUT2D eigenvalue weighted by atomic mass is 79.9. The average Bonchev–Trinajstić information content (AvgIpc) is 3.04. The molecule has 1 amide bonds. The lowest BCUT2D eigenvalue weighted by atomic mass is 10.3. The van der Waals surface area contributed by atoms with Gasteiger partial charge in [0, 0.05) is 9.85 Å². The van der Waals surface area contributed by atoms with Crippen LogP contribution in [0.2, 0.25) is 0 Å². The van der Waals surface area contributed by atoms with Crippen LogP contribution in [-0.4, -0.2) is 19.3 Å². The number of carbonyl (C=O) groups is 1. The largest absolute Gasteiger partial charge is 0.325 e. The molecule has 2 aromatic carbocycles. The first-order chi connectivity index (χ1) is 12.4. The predicted molar refractivity (Wildman–Crippen MR) is 106 cm³/mol. The Balaban J connectivity index is 1.65. The van der Waals surface area contributed by atoms with E-state index in [1.54, 1.807) is 29.6 Å². The number of aromatic nitrogens is 1. The number of carbonyl (C=O) groups excluding carboxylic acids is 1. The molecule has 0 aliphatic heterocycles. The van der Waals surface area contributed by atoms with Gasteiger partial charge >= 0.3 is 0 Å². The fourth-order valence-corrected chi connectivity index (χ4v) is 4.50. The number of para-hydroxylation sites is 1. The Morgan fingerprint density at radius 1 is 1.08 bits per heavy atom. The summed E-state index contributed by atoms with van der Waals surface area (Å²) in [4.78, 5) is 16.5. The van der Waals surface area contributed by atoms with Gasteiger partial charge in [0.25, 0.3) is 10.0 Å². The van der Waals surface area contributed by atoms with Gasteiger partial charge in [-0.2, -0.15) is 0 Å². The van der Waals surface area contributed by atoms with Gasteiger partial charge in [0.2, 0.25) is 5.91 Å². The molecule has 0 saturated heterocycles. The maximum absolute atomic E-state index is 12.3. The molecule has 0 bridgehead atoms. The minimum absolute atomic E-state index is 0.0465. The summed E-state index contributed by atoms with van der Waals surface area (Å²) in [5.74, 6) is -0.236. The molecule has 2 N–H and O–H groups in total. The Morgan fingerprint density at radius 2 is 1.77 bits per heavy atom. The summed E-state index contributed by atoms with van der Waals surface area (Å²) < 4.78 is 27.8. The van der Waals surface area contributed by atoms with Crippen molar-refractivity contribution < 1.29 is 13.2 Å². The van der Waals surface area contributed by atoms with Gasteiger partial charge in [0.15, 0.2) is 5.13 Å². The number of anilines is 2. The molecule has 0 atom stereocenters. The maximum atomic E-state index is 12.3. The van der Waals surface area contributed by atoms with Crippen molar-refractivity contribution in [3.05, 3.63) is 70.1 Å². The molecule has 0 aliphatic carbocycles. The van der Waals surface area contributed by atoms with Crippen molar-refractivity contribution in [3.63, 3.8) is 0 Å². The van der Waals surface area contributed by atoms with Gasteiger partial charge < -0.3 is 5.32 Å². The SMILES string of the molecule is O=C(Cc1csc(NS(=O)(=O)c2ccccc2)n1)Nc1ccccc1Br. The Kier molecular flexibility index (Phi) is 5.70. The number of rotatable bonds is 6. The molecule has 0 unspecified atom stereocenters. The van der Waals surface area contributed by atoms with Crippen molar-refractivity contribution in [2.75, 3.05) is 10.0 Å². The van der Waals surface area contributed by atoms with Crippen LogP contribution in [0.3, 0.4) is 0 Å². The Hall–Kier alpha value is -2.23. The third kappa shape index (κ3) is 4.69. The molecule has 1 heterocycles. The van der Waals surface area contributed by atoms with E-state index in [0.717, 1.165) is 15.8 Å². The first-order valence-corrected chi connectivity index (χ1v) is 10.7. The van der Waals surface area contributed by atoms with Gasteiger partial charge in [-0.25, -0.2) is 13.4 Å². The average molecular weight is 452 g/mol. The first-order valence-electron chi connectivity index (χ1n) is 7.51. The molecule has 134 valence electrons. The van der Waals surface area contributed by atoms with Crippen LogP contribution in [0, 0.1) is 0 Å². The van der Waals surface area contributed by atoms with Crippen LogP contribution in [-0.2, 0) is 21.2 Å². The highest BCUT2D eigenvalue weighted by molar-refractivity contribution is 9.10. The third-order valence-electron chi connectivity index (χ3n) is 3.32. The zero-order valence-electron chi connectivity index (χ0n) is 13.3. The minimum Gasteiger partial charge on any atom is -0.325 e. The fourth-order valence-electron chi connectivity index (χ4n) is 2.13. The summed E-state index contributed by atoms with van der Waals surface area (Å²) in [6, 6.07) is 15.3. The van der Waals surface area contributed by atoms with E-state index in [9.17, 15) is 13.2 Å². The van der Waals surface area contributed by atoms with Crippen LogP contribution in [0.4, 0.5) is 10.8 Å². The molecule has 0 fully saturated rings. The van der Waals surface area contributed by atoms with Gasteiger partial charge in [-0.15, -0.1) is 11.3 Å². The Labute approximate surface area is 163 Å². The standard InChI is InChI=1S/C17H14BrN3O3S2/c18-14-8-4-5-9-15(14)20-16(22)10-12-11-25-17(19-12)21-26(23,24)13-6-2-1-3-7-13/h1-9,11H,10H2,(H,19,21)(H,20,22). The van der Waals surface area contributed by atoms with Crippen LogP contribution >= 0.6 is 27.3 Å². The predicted octanol–water partition coefficient (Wildman–Crippen LogP) is 3.89. The normalized spacial score (nSPS) is 11.1. The zero-order valence-corrected chi connectivity index (χ0v) is 16.6. The number of nitrogens with one attached hydrogen (secondary N) is 2. The minimum atomic E-state index is -3.69. The van der Waals surface area contributed by atoms with E-state index in [-0.39, 0.29) is 22.4 Å². The summed E-state index contributed by atoms with van der Waals surface area (Å²) in [7, 11) is -3.69. The lowest BCUT2D eigenvalue weighted by Gasteiger charge is -2.06. The summed E-state index contributed by atoms with van der Waals surface area (Å²) in [6.45, 7) is 0. The molecule has 0 radical (unpaired) electrons. The second-order valence-corrected chi connectivity index (χ2v) is 8.66. The molecule has 0 saturated carbocycles. The summed E-state index contributed by atoms with van der Waals surface area (Å²) >= 11 is 4.50. The van der Waals surface area contributed by atoms with Crippen LogP contribution in [0.25, 0.3) is 0 Å². The highest BCUT2D eigenvalue weighted by Gasteiger charge is 2.16. The number of amides is 1. The van der Waals surface area contributed by atoms with Crippen molar-refractivity contribution >= 4 is 54.0 Å². The molecule has 26 heavy (non-hydrogen) atoms. The number of hydrogen-bond donors (Lipinski definition) is 2. The van der Waals surface area contributed by atoms with E-state index in [1.807, 2.05) is 18.2 Å². The molecule has 0 spiro atoms. The highest BCUT2D eigenvalue weighted by Crippen LogP contribution is 2.23. The van der Waals surface area contributed by atoms with Crippen LogP contribution in [0.5, 0.6) is 0 Å². The van der Waals surface area contributed by atoms with Gasteiger partial charge in [-0.1, -0.05) is 30.3 Å². The first kappa shape index (κ1) is 18.6. The molecule has 9 heteroatoms. The maximum Gasteiger partial charge on any atom is 0.263 e. The van der Waals surface area contributed by atoms with E-state index in [1.165, 1.54) is 12.1 Å². The van der Waals surface area contributed by atoms with Gasteiger partial charge in [-0.3, -0.25) is 9.52 Å². The van der Waals surface area contributed by atoms with Crippen LogP contribution in [0.1, 0.15) is 5.69 Å². The molecule has 1 aromatic heterocycles. The monoisotopic (exact) mass is 451 g/mol. The molecule has 6 nitrogen and oxygen atoms in total. The third-order valence-corrected chi connectivity index (χ3v) is 6.30. The second-order valence-electron chi connectivity index (χ2n) is 5.27. The summed E-state index contributed by atoms with van der Waals surface area (Å²) in [5, 5.41) is 4.66. The molecule has 0 aliphatic rings. The lowest BCUT2D eigenvalue weighted by molar-refractivity contribution is -0.115. The van der Waals surface area contributed by atoms with Crippen molar-refractivity contribution in [2.45, 2.75) is 11.3 Å². The van der Waals surface area contributed by atoms with Gasteiger partial charge in [0.05, 0.1) is 22.7 Å². The number of hydrogen-bond acceptors (Lipinski definition) is 5. The number of benzene rings is 2. The fraction of sp³-hybridized carbons (Fsp3) is 0.0588. The van der Waals surface area contributed by atoms with Crippen molar-refractivity contribution in [1.29, 1.82) is 0 Å².